The maximum absolute atomic E-state index is 2.54. The molecule has 0 bridgehead atoms. The number of nitrogens with zero attached hydrogens (tertiary/aromatic N) is 2. The van der Waals surface area contributed by atoms with Gasteiger partial charge in [0.25, 0.3) is 0 Å². The van der Waals surface area contributed by atoms with E-state index < -0.39 is 0 Å². The average molecular weight is 873 g/mol. The lowest BCUT2D eigenvalue weighted by Crippen LogP contribution is -1.95. The summed E-state index contributed by atoms with van der Waals surface area (Å²) in [6.07, 6.45) is 18.3. The second kappa shape index (κ2) is 17.5. The molecule has 0 aliphatic heterocycles. The van der Waals surface area contributed by atoms with E-state index in [2.05, 4.69) is 158 Å². The van der Waals surface area contributed by atoms with Crippen LogP contribution >= 0.6 is 22.7 Å². The minimum absolute atomic E-state index is 1.16. The van der Waals surface area contributed by atoms with Crippen molar-refractivity contribution >= 4 is 107 Å². The lowest BCUT2D eigenvalue weighted by atomic mass is 10.0. The van der Waals surface area contributed by atoms with Gasteiger partial charge in [0.2, 0.25) is 0 Å². The van der Waals surface area contributed by atoms with Crippen molar-refractivity contribution in [2.24, 2.45) is 0 Å². The fraction of sp³-hybridized carbons (Fsp3) is 0.300. The van der Waals surface area contributed by atoms with Gasteiger partial charge in [0.15, 0.2) is 0 Å². The fourth-order valence-electron chi connectivity index (χ4n) is 10.7. The van der Waals surface area contributed by atoms with Crippen LogP contribution in [0.25, 0.3) is 95.3 Å². The Morgan fingerprint density at radius 2 is 0.703 bits per heavy atom. The summed E-state index contributed by atoms with van der Waals surface area (Å²) < 4.78 is 10.6. The molecule has 0 atom stereocenters. The Bertz CT molecular complexity index is 3280. The third-order valence-corrected chi connectivity index (χ3v) is 16.5. The van der Waals surface area contributed by atoms with Gasteiger partial charge in [0.05, 0.1) is 22.1 Å². The summed E-state index contributed by atoms with van der Waals surface area (Å²) in [6, 6.07) is 47.9. The first-order valence-corrected chi connectivity index (χ1v) is 26.0. The van der Waals surface area contributed by atoms with Gasteiger partial charge in [0, 0.05) is 73.3 Å². The SMILES string of the molecule is CCCCCCCCc1ccc2sc3ccc(-n4c5ccc(C)cc5c5cc6c(cc54)c4cc(C)ccc4n6-c4ccc5sc6ccc(CCCCCCCC)cc6c5c4)cc3c2c1. The zero-order valence-electron chi connectivity index (χ0n) is 38.2. The standard InChI is InChI=1S/C60H60N2S2/c1-5-7-9-11-13-15-17-41-21-27-57-49(33-41)51-35-43(23-29-59(51)63-57)61-53-25-19-39(3)31-45(53)47-38-56-48(37-55(47)61)46-32-40(4)20-26-54(46)62(56)44-24-30-60-52(36-44)50-34-42(22-28-58(50)64-60)18-16-14-12-10-8-6-2/h19-38H,5-18H2,1-4H3. The highest BCUT2D eigenvalue weighted by molar-refractivity contribution is 7.26. The number of aromatic nitrogens is 2. The van der Waals surface area contributed by atoms with E-state index in [1.807, 2.05) is 22.7 Å². The molecule has 4 heterocycles. The van der Waals surface area contributed by atoms with Crippen LogP contribution in [0.1, 0.15) is 113 Å². The minimum atomic E-state index is 1.16. The Morgan fingerprint density at radius 3 is 1.14 bits per heavy atom. The average Bonchev–Trinajstić information content (AvgIpc) is 4.04. The monoisotopic (exact) mass is 872 g/mol. The van der Waals surface area contributed by atoms with Crippen LogP contribution in [0.4, 0.5) is 0 Å². The van der Waals surface area contributed by atoms with Gasteiger partial charge in [-0.15, -0.1) is 22.7 Å². The summed E-state index contributed by atoms with van der Waals surface area (Å²) in [5.41, 5.74) is 13.0. The van der Waals surface area contributed by atoms with E-state index in [9.17, 15) is 0 Å². The predicted octanol–water partition coefficient (Wildman–Crippen LogP) is 19.0. The van der Waals surface area contributed by atoms with Gasteiger partial charge >= 0.3 is 0 Å². The Balaban J connectivity index is 1.04. The number of rotatable bonds is 16. The van der Waals surface area contributed by atoms with E-state index in [1.165, 1.54) is 195 Å². The maximum atomic E-state index is 2.54. The lowest BCUT2D eigenvalue weighted by molar-refractivity contribution is 0.607. The second-order valence-electron chi connectivity index (χ2n) is 18.9. The number of unbranched alkanes of at least 4 members (excludes halogenated alkanes) is 10. The Kier molecular flexibility index (Phi) is 11.3. The molecular weight excluding hydrogens is 813 g/mol. The zero-order valence-corrected chi connectivity index (χ0v) is 39.8. The Labute approximate surface area is 386 Å². The molecule has 64 heavy (non-hydrogen) atoms. The quantitative estimate of drug-likeness (QED) is 0.0856. The van der Waals surface area contributed by atoms with Gasteiger partial charge in [-0.05, 0) is 148 Å². The molecular formula is C60H60N2S2. The number of aryl methyl sites for hydroxylation is 4. The Hall–Kier alpha value is -5.42. The first-order chi connectivity index (χ1) is 31.4. The molecule has 11 aromatic rings. The van der Waals surface area contributed by atoms with Crippen molar-refractivity contribution in [1.29, 1.82) is 0 Å². The highest BCUT2D eigenvalue weighted by Gasteiger charge is 2.20. The van der Waals surface area contributed by atoms with Crippen molar-refractivity contribution in [1.82, 2.24) is 9.13 Å². The molecule has 0 saturated heterocycles. The summed E-state index contributed by atoms with van der Waals surface area (Å²) in [7, 11) is 0. The van der Waals surface area contributed by atoms with Crippen LogP contribution in [0, 0.1) is 13.8 Å². The molecule has 7 aromatic carbocycles. The predicted molar refractivity (Wildman–Crippen MR) is 285 cm³/mol. The number of thiophene rings is 2. The molecule has 11 rings (SSSR count). The third kappa shape index (κ3) is 7.51. The van der Waals surface area contributed by atoms with Crippen LogP contribution in [0.2, 0.25) is 0 Å². The normalized spacial score (nSPS) is 12.3. The van der Waals surface area contributed by atoms with Gasteiger partial charge in [-0.25, -0.2) is 0 Å². The largest absolute Gasteiger partial charge is 0.309 e. The first kappa shape index (κ1) is 41.3. The van der Waals surface area contributed by atoms with Crippen LogP contribution in [-0.4, -0.2) is 9.13 Å². The van der Waals surface area contributed by atoms with E-state index in [-0.39, 0.29) is 0 Å². The molecule has 2 nitrogen and oxygen atoms in total. The van der Waals surface area contributed by atoms with E-state index in [1.54, 1.807) is 0 Å². The highest BCUT2D eigenvalue weighted by atomic mass is 32.1. The lowest BCUT2D eigenvalue weighted by Gasteiger charge is -2.10. The van der Waals surface area contributed by atoms with Crippen LogP contribution in [-0.2, 0) is 12.8 Å². The molecule has 0 unspecified atom stereocenters. The number of benzene rings is 7. The zero-order chi connectivity index (χ0) is 43.3. The molecule has 0 aliphatic rings. The number of fused-ring (bicyclic) bond motifs is 12. The minimum Gasteiger partial charge on any atom is -0.309 e. The van der Waals surface area contributed by atoms with Crippen molar-refractivity contribution in [2.45, 2.75) is 118 Å². The van der Waals surface area contributed by atoms with Crippen molar-refractivity contribution in [2.75, 3.05) is 0 Å². The van der Waals surface area contributed by atoms with Gasteiger partial charge in [-0.1, -0.05) is 113 Å². The van der Waals surface area contributed by atoms with Crippen LogP contribution < -0.4 is 0 Å². The third-order valence-electron chi connectivity index (χ3n) is 14.2. The molecule has 0 saturated carbocycles. The summed E-state index contributed by atoms with van der Waals surface area (Å²) in [6.45, 7) is 9.05. The van der Waals surface area contributed by atoms with Crippen LogP contribution in [0.3, 0.4) is 0 Å². The topological polar surface area (TPSA) is 9.86 Å². The number of hydrogen-bond donors (Lipinski definition) is 0. The molecule has 0 fully saturated rings. The van der Waals surface area contributed by atoms with E-state index in [0.29, 0.717) is 0 Å². The maximum Gasteiger partial charge on any atom is 0.0548 e. The van der Waals surface area contributed by atoms with Crippen molar-refractivity contribution < 1.29 is 0 Å². The molecule has 322 valence electrons. The Morgan fingerprint density at radius 1 is 0.328 bits per heavy atom. The fourth-order valence-corrected chi connectivity index (χ4v) is 12.9. The summed E-state index contributed by atoms with van der Waals surface area (Å²) in [5.74, 6) is 0. The smallest absolute Gasteiger partial charge is 0.0548 e. The second-order valence-corrected chi connectivity index (χ2v) is 21.0. The molecule has 0 aliphatic carbocycles. The van der Waals surface area contributed by atoms with Crippen molar-refractivity contribution in [3.8, 4) is 11.4 Å². The van der Waals surface area contributed by atoms with Crippen molar-refractivity contribution in [3.05, 3.63) is 144 Å². The number of hydrogen-bond acceptors (Lipinski definition) is 2. The molecule has 4 aromatic heterocycles. The van der Waals surface area contributed by atoms with Gasteiger partial charge in [-0.3, -0.25) is 0 Å². The van der Waals surface area contributed by atoms with E-state index in [4.69, 9.17) is 0 Å². The van der Waals surface area contributed by atoms with Crippen molar-refractivity contribution in [3.63, 3.8) is 0 Å². The molecule has 0 N–H and O–H groups in total. The summed E-state index contributed by atoms with van der Waals surface area (Å²) in [4.78, 5) is 0. The molecule has 0 spiro atoms. The first-order valence-electron chi connectivity index (χ1n) is 24.4. The molecule has 0 amide bonds. The highest BCUT2D eigenvalue weighted by Crippen LogP contribution is 2.43. The van der Waals surface area contributed by atoms with Gasteiger partial charge < -0.3 is 9.13 Å². The van der Waals surface area contributed by atoms with Gasteiger partial charge in [-0.2, -0.15) is 0 Å². The molecule has 4 heteroatoms. The van der Waals surface area contributed by atoms with E-state index in [0.717, 1.165) is 12.8 Å². The van der Waals surface area contributed by atoms with Gasteiger partial charge in [0.1, 0.15) is 0 Å². The van der Waals surface area contributed by atoms with E-state index >= 15 is 0 Å². The summed E-state index contributed by atoms with van der Waals surface area (Å²) >= 11 is 3.85. The summed E-state index contributed by atoms with van der Waals surface area (Å²) in [5, 5.41) is 10.7. The van der Waals surface area contributed by atoms with Crippen LogP contribution in [0.15, 0.2) is 121 Å². The van der Waals surface area contributed by atoms with Crippen LogP contribution in [0.5, 0.6) is 0 Å². The molecule has 0 radical (unpaired) electrons.